The molecule has 26 heavy (non-hydrogen) atoms. The fraction of sp³-hybridized carbons (Fsp3) is 0.421. The molecule has 7 heteroatoms. The van der Waals surface area contributed by atoms with Gasteiger partial charge in [0.05, 0.1) is 31.1 Å². The molecule has 6 nitrogen and oxygen atoms in total. The summed E-state index contributed by atoms with van der Waals surface area (Å²) in [6, 6.07) is 7.83. The number of ether oxygens (including phenoxy) is 1. The summed E-state index contributed by atoms with van der Waals surface area (Å²) in [5, 5.41) is 0. The largest absolute Gasteiger partial charge is 0.494 e. The van der Waals surface area contributed by atoms with Crippen molar-refractivity contribution in [2.75, 3.05) is 31.6 Å². The number of methoxy groups -OCH3 is 1. The lowest BCUT2D eigenvalue weighted by molar-refractivity contribution is 0.0711. The smallest absolute Gasteiger partial charge is 0.255 e. The van der Waals surface area contributed by atoms with Gasteiger partial charge in [-0.15, -0.1) is 0 Å². The number of amides is 1. The van der Waals surface area contributed by atoms with Crippen LogP contribution in [0, 0.1) is 5.92 Å². The first-order chi connectivity index (χ1) is 12.7. The van der Waals surface area contributed by atoms with E-state index in [2.05, 4.69) is 30.8 Å². The third-order valence-corrected chi connectivity index (χ3v) is 6.05. The molecule has 2 aliphatic heterocycles. The van der Waals surface area contributed by atoms with Crippen LogP contribution in [0.25, 0.3) is 0 Å². The number of benzene rings is 1. The van der Waals surface area contributed by atoms with Crippen LogP contribution in [0.2, 0.25) is 0 Å². The average molecular weight is 417 g/mol. The normalized spacial score (nSPS) is 22.2. The molecular formula is C19H21BrN4O2. The summed E-state index contributed by atoms with van der Waals surface area (Å²) in [4.78, 5) is 26.1. The van der Waals surface area contributed by atoms with Crippen molar-refractivity contribution in [3.8, 4) is 5.75 Å². The maximum absolute atomic E-state index is 13.1. The molecule has 0 radical (unpaired) electrons. The highest BCUT2D eigenvalue weighted by molar-refractivity contribution is 9.10. The van der Waals surface area contributed by atoms with E-state index in [1.807, 2.05) is 29.2 Å². The fourth-order valence-corrected chi connectivity index (χ4v) is 4.40. The predicted octanol–water partition coefficient (Wildman–Crippen LogP) is 2.99. The molecule has 4 rings (SSSR count). The standard InChI is InChI=1S/C19H21BrN4O2/c1-26-14-10-21-19(22-11-14)23-8-6-13-7-9-24(17(13)12-23)18(25)15-4-2-3-5-16(15)20/h2-5,10-11,13,17H,6-9,12H2,1H3. The number of anilines is 1. The second-order valence-electron chi connectivity index (χ2n) is 6.75. The first kappa shape index (κ1) is 17.3. The molecule has 1 amide bonds. The van der Waals surface area contributed by atoms with Gasteiger partial charge in [0.25, 0.3) is 5.91 Å². The summed E-state index contributed by atoms with van der Waals surface area (Å²) in [7, 11) is 1.60. The Morgan fingerprint density at radius 1 is 1.19 bits per heavy atom. The van der Waals surface area contributed by atoms with E-state index in [0.29, 0.717) is 17.6 Å². The second-order valence-corrected chi connectivity index (χ2v) is 7.61. The Hall–Kier alpha value is -2.15. The van der Waals surface area contributed by atoms with Crippen LogP contribution in [0.3, 0.4) is 0 Å². The first-order valence-corrected chi connectivity index (χ1v) is 9.63. The van der Waals surface area contributed by atoms with Gasteiger partial charge < -0.3 is 14.5 Å². The van der Waals surface area contributed by atoms with Gasteiger partial charge >= 0.3 is 0 Å². The highest BCUT2D eigenvalue weighted by Crippen LogP contribution is 2.34. The van der Waals surface area contributed by atoms with E-state index in [1.54, 1.807) is 19.5 Å². The Morgan fingerprint density at radius 2 is 1.92 bits per heavy atom. The predicted molar refractivity (Wildman–Crippen MR) is 102 cm³/mol. The Labute approximate surface area is 161 Å². The molecule has 2 saturated heterocycles. The maximum Gasteiger partial charge on any atom is 0.255 e. The van der Waals surface area contributed by atoms with E-state index in [1.165, 1.54) is 0 Å². The number of carbonyl (C=O) groups excluding carboxylic acids is 1. The van der Waals surface area contributed by atoms with E-state index in [4.69, 9.17) is 4.74 Å². The Morgan fingerprint density at radius 3 is 2.65 bits per heavy atom. The lowest BCUT2D eigenvalue weighted by Gasteiger charge is -2.38. The van der Waals surface area contributed by atoms with Gasteiger partial charge in [-0.05, 0) is 46.8 Å². The van der Waals surface area contributed by atoms with E-state index in [-0.39, 0.29) is 11.9 Å². The third kappa shape index (κ3) is 3.16. The van der Waals surface area contributed by atoms with Crippen LogP contribution in [0.15, 0.2) is 41.1 Å². The summed E-state index contributed by atoms with van der Waals surface area (Å²) in [5.41, 5.74) is 0.728. The minimum atomic E-state index is 0.0995. The molecule has 2 aromatic rings. The van der Waals surface area contributed by atoms with Crippen molar-refractivity contribution in [3.05, 3.63) is 46.7 Å². The van der Waals surface area contributed by atoms with Crippen molar-refractivity contribution < 1.29 is 9.53 Å². The molecule has 0 bridgehead atoms. The van der Waals surface area contributed by atoms with Crippen LogP contribution >= 0.6 is 15.9 Å². The van der Waals surface area contributed by atoms with Crippen molar-refractivity contribution in [1.82, 2.24) is 14.9 Å². The summed E-state index contributed by atoms with van der Waals surface area (Å²) < 4.78 is 5.98. The van der Waals surface area contributed by atoms with Crippen LogP contribution in [-0.2, 0) is 0 Å². The minimum absolute atomic E-state index is 0.0995. The fourth-order valence-electron chi connectivity index (χ4n) is 3.94. The molecule has 0 spiro atoms. The van der Waals surface area contributed by atoms with Gasteiger partial charge in [-0.3, -0.25) is 4.79 Å². The van der Waals surface area contributed by atoms with Gasteiger partial charge in [0.2, 0.25) is 5.95 Å². The van der Waals surface area contributed by atoms with Gasteiger partial charge in [-0.25, -0.2) is 9.97 Å². The summed E-state index contributed by atoms with van der Waals surface area (Å²) in [6.45, 7) is 2.50. The zero-order valence-corrected chi connectivity index (χ0v) is 16.2. The monoisotopic (exact) mass is 416 g/mol. The number of likely N-dealkylation sites (tertiary alicyclic amines) is 1. The highest BCUT2D eigenvalue weighted by atomic mass is 79.9. The molecule has 2 atom stereocenters. The number of carbonyl (C=O) groups is 1. The van der Waals surface area contributed by atoms with Crippen molar-refractivity contribution in [1.29, 1.82) is 0 Å². The van der Waals surface area contributed by atoms with Crippen LogP contribution in [-0.4, -0.2) is 53.6 Å². The quantitative estimate of drug-likeness (QED) is 0.769. The first-order valence-electron chi connectivity index (χ1n) is 8.84. The van der Waals surface area contributed by atoms with E-state index in [9.17, 15) is 4.79 Å². The van der Waals surface area contributed by atoms with Crippen molar-refractivity contribution in [2.24, 2.45) is 5.92 Å². The van der Waals surface area contributed by atoms with Crippen molar-refractivity contribution >= 4 is 27.8 Å². The summed E-state index contributed by atoms with van der Waals surface area (Å²) in [6.07, 6.45) is 5.50. The van der Waals surface area contributed by atoms with Crippen LogP contribution in [0.1, 0.15) is 23.2 Å². The molecule has 2 aliphatic rings. The Balaban J connectivity index is 1.53. The van der Waals surface area contributed by atoms with Crippen LogP contribution < -0.4 is 9.64 Å². The molecule has 1 aromatic carbocycles. The number of nitrogens with zero attached hydrogens (tertiary/aromatic N) is 4. The minimum Gasteiger partial charge on any atom is -0.494 e. The van der Waals surface area contributed by atoms with Crippen molar-refractivity contribution in [2.45, 2.75) is 18.9 Å². The zero-order valence-electron chi connectivity index (χ0n) is 14.6. The SMILES string of the molecule is COc1cnc(N2CCC3CCN(C(=O)c4ccccc4Br)C3C2)nc1. The van der Waals surface area contributed by atoms with E-state index >= 15 is 0 Å². The number of hydrogen-bond donors (Lipinski definition) is 0. The Bertz CT molecular complexity index is 798. The molecule has 2 fully saturated rings. The highest BCUT2D eigenvalue weighted by Gasteiger charge is 2.41. The molecular weight excluding hydrogens is 396 g/mol. The van der Waals surface area contributed by atoms with Crippen LogP contribution in [0.4, 0.5) is 5.95 Å². The number of hydrogen-bond acceptors (Lipinski definition) is 5. The Kier molecular flexibility index (Phi) is 4.80. The van der Waals surface area contributed by atoms with Gasteiger partial charge in [-0.1, -0.05) is 12.1 Å². The lowest BCUT2D eigenvalue weighted by Crippen LogP contribution is -2.50. The average Bonchev–Trinajstić information content (AvgIpc) is 3.11. The van der Waals surface area contributed by atoms with Gasteiger partial charge in [-0.2, -0.15) is 0 Å². The zero-order chi connectivity index (χ0) is 18.1. The van der Waals surface area contributed by atoms with Crippen LogP contribution in [0.5, 0.6) is 5.75 Å². The number of rotatable bonds is 3. The number of fused-ring (bicyclic) bond motifs is 1. The number of piperidine rings is 1. The molecule has 0 aliphatic carbocycles. The molecule has 2 unspecified atom stereocenters. The lowest BCUT2D eigenvalue weighted by atomic mass is 9.92. The summed E-state index contributed by atoms with van der Waals surface area (Å²) >= 11 is 3.50. The molecule has 136 valence electrons. The van der Waals surface area contributed by atoms with E-state index < -0.39 is 0 Å². The third-order valence-electron chi connectivity index (χ3n) is 5.36. The molecule has 0 saturated carbocycles. The summed E-state index contributed by atoms with van der Waals surface area (Å²) in [5.74, 6) is 2.00. The molecule has 3 heterocycles. The number of halogens is 1. The molecule has 1 aromatic heterocycles. The van der Waals surface area contributed by atoms with Gasteiger partial charge in [0.1, 0.15) is 0 Å². The van der Waals surface area contributed by atoms with Gasteiger partial charge in [0.15, 0.2) is 5.75 Å². The van der Waals surface area contributed by atoms with E-state index in [0.717, 1.165) is 42.5 Å². The van der Waals surface area contributed by atoms with Gasteiger partial charge in [0, 0.05) is 24.1 Å². The second kappa shape index (κ2) is 7.23. The maximum atomic E-state index is 13.1. The number of aromatic nitrogens is 2. The topological polar surface area (TPSA) is 58.6 Å². The van der Waals surface area contributed by atoms with Crippen molar-refractivity contribution in [3.63, 3.8) is 0 Å². The molecule has 0 N–H and O–H groups in total.